The molecule has 0 aliphatic heterocycles. The van der Waals surface area contributed by atoms with Crippen molar-refractivity contribution in [3.8, 4) is 17.6 Å². The normalized spacial score (nSPS) is 10.3. The molecule has 104 valence electrons. The number of methoxy groups -OCH3 is 1. The molecule has 0 fully saturated rings. The van der Waals surface area contributed by atoms with Gasteiger partial charge in [0.2, 0.25) is 5.76 Å². The molecule has 0 N–H and O–H groups in total. The molecule has 2 aromatic carbocycles. The topological polar surface area (TPSA) is 55.4 Å². The predicted octanol–water partition coefficient (Wildman–Crippen LogP) is 3.89. The van der Waals surface area contributed by atoms with E-state index in [-0.39, 0.29) is 5.76 Å². The Morgan fingerprint density at radius 1 is 1.10 bits per heavy atom. The summed E-state index contributed by atoms with van der Waals surface area (Å²) in [7, 11) is 1.62. The summed E-state index contributed by atoms with van der Waals surface area (Å²) in [5.41, 5.74) is 1.55. The molecule has 0 atom stereocenters. The highest BCUT2D eigenvalue weighted by Crippen LogP contribution is 2.33. The molecule has 0 aliphatic carbocycles. The van der Waals surface area contributed by atoms with Crippen molar-refractivity contribution >= 4 is 11.0 Å². The van der Waals surface area contributed by atoms with E-state index in [0.29, 0.717) is 17.9 Å². The molecular formula is C17H13NO3. The smallest absolute Gasteiger partial charge is 0.246 e. The van der Waals surface area contributed by atoms with E-state index in [0.717, 1.165) is 16.7 Å². The van der Waals surface area contributed by atoms with Gasteiger partial charge in [-0.05, 0) is 18.2 Å². The quantitative estimate of drug-likeness (QED) is 0.727. The molecule has 0 radical (unpaired) electrons. The second-order valence-corrected chi connectivity index (χ2v) is 4.47. The van der Waals surface area contributed by atoms with Crippen LogP contribution in [0.25, 0.3) is 11.0 Å². The molecular weight excluding hydrogens is 266 g/mol. The van der Waals surface area contributed by atoms with Crippen molar-refractivity contribution in [2.75, 3.05) is 7.11 Å². The molecule has 1 heterocycles. The first-order valence-electron chi connectivity index (χ1n) is 6.50. The lowest BCUT2D eigenvalue weighted by atomic mass is 10.2. The minimum atomic E-state index is 0.186. The maximum atomic E-state index is 9.17. The fourth-order valence-electron chi connectivity index (χ4n) is 2.21. The summed E-state index contributed by atoms with van der Waals surface area (Å²) in [6.45, 7) is 0.308. The molecule has 4 nitrogen and oxygen atoms in total. The number of benzene rings is 2. The van der Waals surface area contributed by atoms with E-state index in [4.69, 9.17) is 19.2 Å². The summed E-state index contributed by atoms with van der Waals surface area (Å²) in [5.74, 6) is 1.41. The molecule has 1 aromatic heterocycles. The maximum Gasteiger partial charge on any atom is 0.246 e. The van der Waals surface area contributed by atoms with Crippen LogP contribution in [0.5, 0.6) is 11.5 Å². The highest BCUT2D eigenvalue weighted by atomic mass is 16.5. The summed E-state index contributed by atoms with van der Waals surface area (Å²) >= 11 is 0. The first-order valence-corrected chi connectivity index (χ1v) is 6.50. The van der Waals surface area contributed by atoms with Crippen LogP contribution in [0, 0.1) is 11.3 Å². The number of nitriles is 1. The minimum Gasteiger partial charge on any atom is -0.496 e. The highest BCUT2D eigenvalue weighted by molar-refractivity contribution is 5.86. The Morgan fingerprint density at radius 2 is 1.86 bits per heavy atom. The lowest BCUT2D eigenvalue weighted by Crippen LogP contribution is -1.99. The molecule has 0 bridgehead atoms. The van der Waals surface area contributed by atoms with Crippen molar-refractivity contribution in [1.82, 2.24) is 0 Å². The van der Waals surface area contributed by atoms with Gasteiger partial charge in [0.05, 0.1) is 12.5 Å². The molecule has 0 spiro atoms. The van der Waals surface area contributed by atoms with Crippen molar-refractivity contribution in [3.63, 3.8) is 0 Å². The number of hydrogen-bond acceptors (Lipinski definition) is 4. The van der Waals surface area contributed by atoms with Gasteiger partial charge in [-0.25, -0.2) is 0 Å². The molecule has 3 aromatic rings. The van der Waals surface area contributed by atoms with Crippen LogP contribution in [0.2, 0.25) is 0 Å². The number of rotatable bonds is 4. The van der Waals surface area contributed by atoms with Crippen LogP contribution in [0.4, 0.5) is 0 Å². The predicted molar refractivity (Wildman–Crippen MR) is 78.3 cm³/mol. The van der Waals surface area contributed by atoms with Gasteiger partial charge in [0.25, 0.3) is 0 Å². The van der Waals surface area contributed by atoms with Crippen LogP contribution in [0.15, 0.2) is 52.9 Å². The van der Waals surface area contributed by atoms with Crippen molar-refractivity contribution in [1.29, 1.82) is 5.26 Å². The number of nitrogens with zero attached hydrogens (tertiary/aromatic N) is 1. The van der Waals surface area contributed by atoms with E-state index in [1.54, 1.807) is 7.11 Å². The number of para-hydroxylation sites is 2. The fourth-order valence-corrected chi connectivity index (χ4v) is 2.21. The van der Waals surface area contributed by atoms with E-state index in [1.165, 1.54) is 0 Å². The zero-order valence-electron chi connectivity index (χ0n) is 11.5. The SMILES string of the molecule is COc1ccccc1COc1c(C#N)oc2ccccc12. The highest BCUT2D eigenvalue weighted by Gasteiger charge is 2.15. The third kappa shape index (κ3) is 2.41. The Hall–Kier alpha value is -2.93. The van der Waals surface area contributed by atoms with Crippen molar-refractivity contribution in [3.05, 3.63) is 59.9 Å². The number of ether oxygens (including phenoxy) is 2. The molecule has 0 unspecified atom stereocenters. The Kier molecular flexibility index (Phi) is 3.48. The van der Waals surface area contributed by atoms with Crippen LogP contribution >= 0.6 is 0 Å². The van der Waals surface area contributed by atoms with E-state index in [1.807, 2.05) is 54.6 Å². The average Bonchev–Trinajstić information content (AvgIpc) is 2.91. The Bertz CT molecular complexity index is 814. The van der Waals surface area contributed by atoms with Gasteiger partial charge in [0.15, 0.2) is 5.75 Å². The van der Waals surface area contributed by atoms with Crippen LogP contribution < -0.4 is 9.47 Å². The molecule has 0 saturated carbocycles. The van der Waals surface area contributed by atoms with Gasteiger partial charge in [-0.3, -0.25) is 0 Å². The van der Waals surface area contributed by atoms with Gasteiger partial charge in [0.1, 0.15) is 24.0 Å². The number of fused-ring (bicyclic) bond motifs is 1. The van der Waals surface area contributed by atoms with Crippen molar-refractivity contribution in [2.45, 2.75) is 6.61 Å². The zero-order chi connectivity index (χ0) is 14.7. The molecule has 0 saturated heterocycles. The molecule has 3 rings (SSSR count). The monoisotopic (exact) mass is 279 g/mol. The van der Waals surface area contributed by atoms with Crippen LogP contribution in [-0.2, 0) is 6.61 Å². The first kappa shape index (κ1) is 13.1. The van der Waals surface area contributed by atoms with E-state index < -0.39 is 0 Å². The van der Waals surface area contributed by atoms with Crippen LogP contribution in [0.1, 0.15) is 11.3 Å². The molecule has 0 aliphatic rings. The van der Waals surface area contributed by atoms with Gasteiger partial charge in [-0.15, -0.1) is 0 Å². The fraction of sp³-hybridized carbons (Fsp3) is 0.118. The third-order valence-corrected chi connectivity index (χ3v) is 3.22. The van der Waals surface area contributed by atoms with Gasteiger partial charge < -0.3 is 13.9 Å². The van der Waals surface area contributed by atoms with Gasteiger partial charge in [-0.1, -0.05) is 30.3 Å². The number of hydrogen-bond donors (Lipinski definition) is 0. The lowest BCUT2D eigenvalue weighted by Gasteiger charge is -2.09. The Morgan fingerprint density at radius 3 is 2.67 bits per heavy atom. The lowest BCUT2D eigenvalue weighted by molar-refractivity contribution is 0.294. The Labute approximate surface area is 122 Å². The first-order chi connectivity index (χ1) is 10.3. The maximum absolute atomic E-state index is 9.17. The summed E-state index contributed by atoms with van der Waals surface area (Å²) < 4.78 is 16.6. The van der Waals surface area contributed by atoms with Crippen LogP contribution in [0.3, 0.4) is 0 Å². The Balaban J connectivity index is 1.93. The van der Waals surface area contributed by atoms with Gasteiger partial charge >= 0.3 is 0 Å². The van der Waals surface area contributed by atoms with Crippen molar-refractivity contribution in [2.24, 2.45) is 0 Å². The summed E-state index contributed by atoms with van der Waals surface area (Å²) in [5, 5.41) is 9.96. The van der Waals surface area contributed by atoms with Crippen molar-refractivity contribution < 1.29 is 13.9 Å². The average molecular weight is 279 g/mol. The number of furan rings is 1. The molecule has 0 amide bonds. The standard InChI is InChI=1S/C17H13NO3/c1-19-14-8-4-2-6-12(14)11-20-17-13-7-3-5-9-15(13)21-16(17)10-18/h2-9H,11H2,1H3. The second kappa shape index (κ2) is 5.59. The summed E-state index contributed by atoms with van der Waals surface area (Å²) in [6.07, 6.45) is 0. The van der Waals surface area contributed by atoms with Gasteiger partial charge in [0, 0.05) is 5.56 Å². The zero-order valence-corrected chi connectivity index (χ0v) is 11.5. The van der Waals surface area contributed by atoms with E-state index in [9.17, 15) is 0 Å². The van der Waals surface area contributed by atoms with Crippen LogP contribution in [-0.4, -0.2) is 7.11 Å². The van der Waals surface area contributed by atoms with Gasteiger partial charge in [-0.2, -0.15) is 5.26 Å². The largest absolute Gasteiger partial charge is 0.496 e. The summed E-state index contributed by atoms with van der Waals surface area (Å²) in [6, 6.07) is 17.1. The van der Waals surface area contributed by atoms with E-state index >= 15 is 0 Å². The minimum absolute atomic E-state index is 0.186. The third-order valence-electron chi connectivity index (χ3n) is 3.22. The van der Waals surface area contributed by atoms with E-state index in [2.05, 4.69) is 0 Å². The molecule has 4 heteroatoms. The second-order valence-electron chi connectivity index (χ2n) is 4.47. The molecule has 21 heavy (non-hydrogen) atoms. The summed E-state index contributed by atoms with van der Waals surface area (Å²) in [4.78, 5) is 0.